The van der Waals surface area contributed by atoms with Gasteiger partial charge in [-0.2, -0.15) is 0 Å². The van der Waals surface area contributed by atoms with E-state index in [2.05, 4.69) is 16.8 Å². The zero-order valence-electron chi connectivity index (χ0n) is 19.4. The van der Waals surface area contributed by atoms with Gasteiger partial charge in [0.1, 0.15) is 5.82 Å². The van der Waals surface area contributed by atoms with Gasteiger partial charge < -0.3 is 9.80 Å². The smallest absolute Gasteiger partial charge is 0.236 e. The fourth-order valence-corrected chi connectivity index (χ4v) is 4.73. The standard InChI is InChI=1S/C25H34FN5O/c1-18-9-12-30(13-10-18)17-23(32)31-11-5-7-20(16-31)24-22(15-27-25(28-24)29(2)3)19-6-4-8-21(26)14-19/h4,6,8,14-15,18,20H,5,7,9-13,16-17H2,1-3H3/t20-/m0/s1. The van der Waals surface area contributed by atoms with E-state index in [1.165, 1.54) is 25.0 Å². The number of rotatable bonds is 5. The lowest BCUT2D eigenvalue weighted by Crippen LogP contribution is -2.46. The van der Waals surface area contributed by atoms with Crippen LogP contribution in [-0.2, 0) is 4.79 Å². The zero-order valence-corrected chi connectivity index (χ0v) is 19.4. The topological polar surface area (TPSA) is 52.6 Å². The number of hydrogen-bond donors (Lipinski definition) is 0. The van der Waals surface area contributed by atoms with Gasteiger partial charge in [0.15, 0.2) is 0 Å². The number of likely N-dealkylation sites (tertiary alicyclic amines) is 2. The summed E-state index contributed by atoms with van der Waals surface area (Å²) in [5, 5.41) is 0. The number of hydrogen-bond acceptors (Lipinski definition) is 5. The van der Waals surface area contributed by atoms with Crippen LogP contribution in [0.25, 0.3) is 11.1 Å². The maximum Gasteiger partial charge on any atom is 0.236 e. The number of nitrogens with zero attached hydrogens (tertiary/aromatic N) is 5. The molecule has 4 rings (SSSR count). The van der Waals surface area contributed by atoms with Gasteiger partial charge >= 0.3 is 0 Å². The molecule has 1 aromatic heterocycles. The normalized spacial score (nSPS) is 20.4. The third kappa shape index (κ3) is 5.26. The zero-order chi connectivity index (χ0) is 22.7. The number of aromatic nitrogens is 2. The Labute approximate surface area is 190 Å². The number of anilines is 1. The summed E-state index contributed by atoms with van der Waals surface area (Å²) in [6.45, 7) is 6.24. The second kappa shape index (κ2) is 9.94. The van der Waals surface area contributed by atoms with Crippen molar-refractivity contribution >= 4 is 11.9 Å². The van der Waals surface area contributed by atoms with Crippen LogP contribution in [0.5, 0.6) is 0 Å². The van der Waals surface area contributed by atoms with E-state index in [4.69, 9.17) is 4.98 Å². The Morgan fingerprint density at radius 1 is 1.19 bits per heavy atom. The highest BCUT2D eigenvalue weighted by molar-refractivity contribution is 5.78. The van der Waals surface area contributed by atoms with Crippen LogP contribution in [0.4, 0.5) is 10.3 Å². The highest BCUT2D eigenvalue weighted by atomic mass is 19.1. The minimum absolute atomic E-state index is 0.106. The van der Waals surface area contributed by atoms with E-state index in [-0.39, 0.29) is 17.6 Å². The van der Waals surface area contributed by atoms with E-state index >= 15 is 0 Å². The lowest BCUT2D eigenvalue weighted by Gasteiger charge is -2.36. The van der Waals surface area contributed by atoms with Gasteiger partial charge in [-0.25, -0.2) is 14.4 Å². The summed E-state index contributed by atoms with van der Waals surface area (Å²) >= 11 is 0. The van der Waals surface area contributed by atoms with Crippen LogP contribution < -0.4 is 4.90 Å². The van der Waals surface area contributed by atoms with Gasteiger partial charge in [0.2, 0.25) is 11.9 Å². The lowest BCUT2D eigenvalue weighted by molar-refractivity contribution is -0.134. The van der Waals surface area contributed by atoms with Crippen LogP contribution >= 0.6 is 0 Å². The van der Waals surface area contributed by atoms with Gasteiger partial charge in [0.25, 0.3) is 0 Å². The average Bonchev–Trinajstić information content (AvgIpc) is 2.80. The molecule has 0 aliphatic carbocycles. The van der Waals surface area contributed by atoms with Gasteiger partial charge in [-0.3, -0.25) is 9.69 Å². The number of benzene rings is 1. The number of carbonyl (C=O) groups is 1. The van der Waals surface area contributed by atoms with Gasteiger partial charge in [0.05, 0.1) is 12.2 Å². The minimum atomic E-state index is -0.276. The Bertz CT molecular complexity index is 942. The van der Waals surface area contributed by atoms with Crippen LogP contribution in [0, 0.1) is 11.7 Å². The molecule has 32 heavy (non-hydrogen) atoms. The second-order valence-corrected chi connectivity index (χ2v) is 9.51. The highest BCUT2D eigenvalue weighted by Gasteiger charge is 2.29. The van der Waals surface area contributed by atoms with E-state index in [1.54, 1.807) is 12.3 Å². The van der Waals surface area contributed by atoms with Crippen molar-refractivity contribution in [3.8, 4) is 11.1 Å². The molecule has 2 aliphatic heterocycles. The maximum atomic E-state index is 13.9. The summed E-state index contributed by atoms with van der Waals surface area (Å²) in [7, 11) is 3.83. The lowest BCUT2D eigenvalue weighted by atomic mass is 9.89. The molecule has 7 heteroatoms. The Kier molecular flexibility index (Phi) is 7.04. The Morgan fingerprint density at radius 2 is 1.97 bits per heavy atom. The minimum Gasteiger partial charge on any atom is -0.347 e. The van der Waals surface area contributed by atoms with Crippen molar-refractivity contribution in [2.24, 2.45) is 5.92 Å². The van der Waals surface area contributed by atoms with Gasteiger partial charge in [-0.1, -0.05) is 19.1 Å². The first kappa shape index (κ1) is 22.6. The SMILES string of the molecule is CC1CCN(CC(=O)N2CCC[C@H](c3nc(N(C)C)ncc3-c3cccc(F)c3)C2)CC1. The number of halogens is 1. The van der Waals surface area contributed by atoms with E-state index in [1.807, 2.05) is 30.0 Å². The van der Waals surface area contributed by atoms with Crippen LogP contribution in [0.1, 0.15) is 44.2 Å². The van der Waals surface area contributed by atoms with Crippen molar-refractivity contribution in [2.45, 2.75) is 38.5 Å². The summed E-state index contributed by atoms with van der Waals surface area (Å²) in [4.78, 5) is 28.6. The predicted octanol–water partition coefficient (Wildman–Crippen LogP) is 3.79. The molecule has 1 aromatic carbocycles. The van der Waals surface area contributed by atoms with Crippen molar-refractivity contribution < 1.29 is 9.18 Å². The van der Waals surface area contributed by atoms with Crippen molar-refractivity contribution in [2.75, 3.05) is 51.7 Å². The average molecular weight is 440 g/mol. The number of carbonyl (C=O) groups excluding carboxylic acids is 1. The number of piperidine rings is 2. The van der Waals surface area contributed by atoms with Crippen molar-refractivity contribution in [3.05, 3.63) is 42.0 Å². The first-order valence-corrected chi connectivity index (χ1v) is 11.7. The van der Waals surface area contributed by atoms with Gasteiger partial charge in [-0.05, 0) is 62.4 Å². The first-order chi connectivity index (χ1) is 15.4. The van der Waals surface area contributed by atoms with Gasteiger partial charge in [0, 0.05) is 44.9 Å². The van der Waals surface area contributed by atoms with E-state index in [9.17, 15) is 9.18 Å². The predicted molar refractivity (Wildman–Crippen MR) is 125 cm³/mol. The van der Waals surface area contributed by atoms with E-state index in [0.29, 0.717) is 19.0 Å². The summed E-state index contributed by atoms with van der Waals surface area (Å²) in [5.41, 5.74) is 2.52. The van der Waals surface area contributed by atoms with Crippen molar-refractivity contribution in [1.82, 2.24) is 19.8 Å². The van der Waals surface area contributed by atoms with Gasteiger partial charge in [-0.15, -0.1) is 0 Å². The molecule has 6 nitrogen and oxygen atoms in total. The van der Waals surface area contributed by atoms with E-state index < -0.39 is 0 Å². The Balaban J connectivity index is 1.55. The summed E-state index contributed by atoms with van der Waals surface area (Å²) < 4.78 is 13.9. The third-order valence-electron chi connectivity index (χ3n) is 6.74. The molecule has 0 spiro atoms. The van der Waals surface area contributed by atoms with Crippen molar-refractivity contribution in [3.63, 3.8) is 0 Å². The third-order valence-corrected chi connectivity index (χ3v) is 6.74. The van der Waals surface area contributed by atoms with E-state index in [0.717, 1.165) is 55.2 Å². The molecule has 0 saturated carbocycles. The Morgan fingerprint density at radius 3 is 2.69 bits per heavy atom. The molecule has 2 aromatic rings. The first-order valence-electron chi connectivity index (χ1n) is 11.7. The van der Waals surface area contributed by atoms with Crippen LogP contribution in [0.3, 0.4) is 0 Å². The number of amides is 1. The molecule has 1 atom stereocenters. The quantitative estimate of drug-likeness (QED) is 0.710. The molecular formula is C25H34FN5O. The highest BCUT2D eigenvalue weighted by Crippen LogP contribution is 2.34. The monoisotopic (exact) mass is 439 g/mol. The molecule has 2 fully saturated rings. The molecule has 0 radical (unpaired) electrons. The fraction of sp³-hybridized carbons (Fsp3) is 0.560. The molecule has 2 saturated heterocycles. The Hall–Kier alpha value is -2.54. The molecular weight excluding hydrogens is 405 g/mol. The molecule has 1 amide bonds. The molecule has 2 aliphatic rings. The summed E-state index contributed by atoms with van der Waals surface area (Å²) in [5.74, 6) is 1.42. The molecule has 0 N–H and O–H groups in total. The van der Waals surface area contributed by atoms with Crippen LogP contribution in [0.2, 0.25) is 0 Å². The van der Waals surface area contributed by atoms with Crippen LogP contribution in [-0.4, -0.2) is 72.5 Å². The van der Waals surface area contributed by atoms with Crippen LogP contribution in [0.15, 0.2) is 30.5 Å². The fourth-order valence-electron chi connectivity index (χ4n) is 4.73. The molecule has 3 heterocycles. The molecule has 0 bridgehead atoms. The largest absolute Gasteiger partial charge is 0.347 e. The molecule has 0 unspecified atom stereocenters. The van der Waals surface area contributed by atoms with Crippen molar-refractivity contribution in [1.29, 1.82) is 0 Å². The summed E-state index contributed by atoms with van der Waals surface area (Å²) in [6, 6.07) is 6.58. The second-order valence-electron chi connectivity index (χ2n) is 9.51. The maximum absolute atomic E-state index is 13.9. The molecule has 172 valence electrons. The summed E-state index contributed by atoms with van der Waals surface area (Å²) in [6.07, 6.45) is 6.03.